The van der Waals surface area contributed by atoms with Gasteiger partial charge in [0, 0.05) is 36.5 Å². The lowest BCUT2D eigenvalue weighted by Crippen LogP contribution is -2.52. The van der Waals surface area contributed by atoms with Crippen LogP contribution in [0.15, 0.2) is 97.2 Å². The summed E-state index contributed by atoms with van der Waals surface area (Å²) in [6.45, 7) is 1.43. The van der Waals surface area contributed by atoms with Crippen molar-refractivity contribution in [1.82, 2.24) is 15.6 Å². The molecule has 1 aromatic heterocycles. The van der Waals surface area contributed by atoms with Crippen LogP contribution in [0.4, 0.5) is 13.2 Å². The van der Waals surface area contributed by atoms with Gasteiger partial charge in [-0.15, -0.1) is 0 Å². The molecule has 48 heavy (non-hydrogen) atoms. The number of rotatable bonds is 15. The van der Waals surface area contributed by atoms with Crippen molar-refractivity contribution in [3.05, 3.63) is 114 Å². The first-order valence-corrected chi connectivity index (χ1v) is 15.4. The van der Waals surface area contributed by atoms with Gasteiger partial charge in [0.25, 0.3) is 5.91 Å². The quantitative estimate of drug-likeness (QED) is 0.0959. The van der Waals surface area contributed by atoms with E-state index in [2.05, 4.69) is 15.6 Å². The Balaban J connectivity index is 1.61. The summed E-state index contributed by atoms with van der Waals surface area (Å²) in [6, 6.07) is 18.9. The Kier molecular flexibility index (Phi) is 12.4. The molecule has 12 heteroatoms. The molecule has 0 fully saturated rings. The average molecular weight is 666 g/mol. The number of methoxy groups -OCH3 is 1. The molecule has 9 nitrogen and oxygen atoms in total. The second-order valence-corrected chi connectivity index (χ2v) is 11.2. The van der Waals surface area contributed by atoms with Gasteiger partial charge in [0.05, 0.1) is 25.1 Å². The standard InChI is InChI=1S/C36H38F3N3O6/c1-23(9-8-14-32(44)47-2)33(24-10-4-3-5-11-24)42-34(45)30(21-25-22-40-29-13-7-6-12-28(25)29)41-35(46)31(19-20-43)48-27-17-15-26(16-18-27)36(37,38)39/h3-13,15-18,22-23,30-31,33,40,43H,14,19-21H2,1-2H3,(H,41,46)(H,42,45)/b9-8+/t23-,30-,31?,33+/m0/s1. The van der Waals surface area contributed by atoms with Gasteiger partial charge in [0.1, 0.15) is 11.8 Å². The van der Waals surface area contributed by atoms with E-state index < -0.39 is 54.3 Å². The fourth-order valence-corrected chi connectivity index (χ4v) is 5.25. The van der Waals surface area contributed by atoms with E-state index in [9.17, 15) is 32.7 Å². The third kappa shape index (κ3) is 9.71. The zero-order valence-corrected chi connectivity index (χ0v) is 26.5. The van der Waals surface area contributed by atoms with Gasteiger partial charge >= 0.3 is 12.1 Å². The summed E-state index contributed by atoms with van der Waals surface area (Å²) in [7, 11) is 1.30. The molecule has 2 amide bonds. The highest BCUT2D eigenvalue weighted by Crippen LogP contribution is 2.31. The summed E-state index contributed by atoms with van der Waals surface area (Å²) in [5, 5.41) is 16.4. The van der Waals surface area contributed by atoms with Crippen LogP contribution in [0.3, 0.4) is 0 Å². The van der Waals surface area contributed by atoms with Crippen LogP contribution in [0, 0.1) is 5.92 Å². The number of amides is 2. The Hall–Kier alpha value is -5.10. The number of carbonyl (C=O) groups excluding carboxylic acids is 3. The molecule has 4 rings (SSSR count). The van der Waals surface area contributed by atoms with Crippen LogP contribution in [0.1, 0.15) is 42.5 Å². The monoisotopic (exact) mass is 665 g/mol. The van der Waals surface area contributed by atoms with Gasteiger partial charge in [-0.2, -0.15) is 13.2 Å². The second-order valence-electron chi connectivity index (χ2n) is 11.2. The largest absolute Gasteiger partial charge is 0.481 e. The molecule has 4 atom stereocenters. The molecule has 1 heterocycles. The van der Waals surface area contributed by atoms with E-state index in [0.717, 1.165) is 46.3 Å². The van der Waals surface area contributed by atoms with Crippen molar-refractivity contribution in [2.45, 2.75) is 50.6 Å². The first-order chi connectivity index (χ1) is 23.0. The molecular weight excluding hydrogens is 627 g/mol. The summed E-state index contributed by atoms with van der Waals surface area (Å²) in [4.78, 5) is 42.6. The van der Waals surface area contributed by atoms with Gasteiger partial charge in [-0.3, -0.25) is 14.4 Å². The highest BCUT2D eigenvalue weighted by Gasteiger charge is 2.32. The predicted octanol–water partition coefficient (Wildman–Crippen LogP) is 5.66. The molecule has 1 unspecified atom stereocenters. The maximum absolute atomic E-state index is 14.1. The van der Waals surface area contributed by atoms with Crippen molar-refractivity contribution in [3.8, 4) is 5.75 Å². The van der Waals surface area contributed by atoms with Crippen LogP contribution < -0.4 is 15.4 Å². The van der Waals surface area contributed by atoms with E-state index in [1.54, 1.807) is 18.3 Å². The molecule has 0 bridgehead atoms. The molecule has 3 aromatic carbocycles. The number of aromatic amines is 1. The highest BCUT2D eigenvalue weighted by molar-refractivity contribution is 5.91. The molecule has 0 saturated carbocycles. The molecular formula is C36H38F3N3O6. The molecule has 0 aliphatic carbocycles. The van der Waals surface area contributed by atoms with E-state index in [4.69, 9.17) is 9.47 Å². The summed E-state index contributed by atoms with van der Waals surface area (Å²) >= 11 is 0. The van der Waals surface area contributed by atoms with E-state index in [-0.39, 0.29) is 30.9 Å². The van der Waals surface area contributed by atoms with E-state index in [1.165, 1.54) is 7.11 Å². The third-order valence-corrected chi connectivity index (χ3v) is 7.81. The Morgan fingerprint density at radius 3 is 2.29 bits per heavy atom. The van der Waals surface area contributed by atoms with E-state index >= 15 is 0 Å². The van der Waals surface area contributed by atoms with Crippen molar-refractivity contribution < 1.29 is 42.1 Å². The number of nitrogens with one attached hydrogen (secondary N) is 3. The summed E-state index contributed by atoms with van der Waals surface area (Å²) in [5.41, 5.74) is 1.52. The average Bonchev–Trinajstić information content (AvgIpc) is 3.49. The fraction of sp³-hybridized carbons (Fsp3) is 0.306. The number of H-pyrrole nitrogens is 1. The molecule has 254 valence electrons. The number of hydrogen-bond donors (Lipinski definition) is 4. The second kappa shape index (κ2) is 16.6. The van der Waals surface area contributed by atoms with Crippen LogP contribution in [-0.2, 0) is 31.7 Å². The number of hydrogen-bond acceptors (Lipinski definition) is 6. The Bertz CT molecular complexity index is 1690. The maximum atomic E-state index is 14.1. The van der Waals surface area contributed by atoms with Gasteiger partial charge in [-0.1, -0.05) is 67.6 Å². The van der Waals surface area contributed by atoms with Crippen LogP contribution in [0.5, 0.6) is 5.75 Å². The number of para-hydroxylation sites is 1. The predicted molar refractivity (Wildman–Crippen MR) is 174 cm³/mol. The van der Waals surface area contributed by atoms with Crippen LogP contribution in [0.25, 0.3) is 10.9 Å². The van der Waals surface area contributed by atoms with Crippen molar-refractivity contribution in [2.24, 2.45) is 5.92 Å². The zero-order chi connectivity index (χ0) is 34.7. The number of ether oxygens (including phenoxy) is 2. The number of aromatic nitrogens is 1. The van der Waals surface area contributed by atoms with Crippen LogP contribution in [-0.4, -0.2) is 53.7 Å². The third-order valence-electron chi connectivity index (χ3n) is 7.81. The number of aliphatic hydroxyl groups excluding tert-OH is 1. The first kappa shape index (κ1) is 35.7. The smallest absolute Gasteiger partial charge is 0.416 e. The van der Waals surface area contributed by atoms with E-state index in [0.29, 0.717) is 0 Å². The number of alkyl halides is 3. The number of fused-ring (bicyclic) bond motifs is 1. The minimum atomic E-state index is -4.55. The minimum Gasteiger partial charge on any atom is -0.481 e. The Morgan fingerprint density at radius 2 is 1.62 bits per heavy atom. The molecule has 4 N–H and O–H groups in total. The van der Waals surface area contributed by atoms with Crippen molar-refractivity contribution in [3.63, 3.8) is 0 Å². The van der Waals surface area contributed by atoms with Crippen molar-refractivity contribution >= 4 is 28.7 Å². The van der Waals surface area contributed by atoms with E-state index in [1.807, 2.05) is 61.5 Å². The number of carbonyl (C=O) groups is 3. The van der Waals surface area contributed by atoms with Gasteiger partial charge in [0.2, 0.25) is 5.91 Å². The molecule has 0 spiro atoms. The number of benzene rings is 3. The number of halogens is 3. The van der Waals surface area contributed by atoms with Crippen molar-refractivity contribution in [1.29, 1.82) is 0 Å². The fourth-order valence-electron chi connectivity index (χ4n) is 5.25. The van der Waals surface area contributed by atoms with Gasteiger partial charge < -0.3 is 30.2 Å². The summed E-state index contributed by atoms with van der Waals surface area (Å²) < 4.78 is 49.6. The minimum absolute atomic E-state index is 0.00839. The molecule has 4 aromatic rings. The number of esters is 1. The lowest BCUT2D eigenvalue weighted by molar-refractivity contribution is -0.139. The molecule has 0 aliphatic rings. The Labute approximate surface area is 276 Å². The number of aliphatic hydroxyl groups is 1. The summed E-state index contributed by atoms with van der Waals surface area (Å²) in [5.74, 6) is -1.93. The zero-order valence-electron chi connectivity index (χ0n) is 26.5. The lowest BCUT2D eigenvalue weighted by atomic mass is 9.93. The highest BCUT2D eigenvalue weighted by atomic mass is 19.4. The molecule has 0 aliphatic heterocycles. The normalized spacial score (nSPS) is 14.2. The first-order valence-electron chi connectivity index (χ1n) is 15.4. The SMILES string of the molecule is COC(=O)C/C=C/[C@H](C)[C@@H](NC(=O)[C@H](Cc1c[nH]c2ccccc12)NC(=O)C(CCO)Oc1ccc(C(F)(F)F)cc1)c1ccccc1. The van der Waals surface area contributed by atoms with Crippen molar-refractivity contribution in [2.75, 3.05) is 13.7 Å². The molecule has 0 saturated heterocycles. The van der Waals surface area contributed by atoms with Crippen LogP contribution in [0.2, 0.25) is 0 Å². The summed E-state index contributed by atoms with van der Waals surface area (Å²) in [6.07, 6.45) is -0.663. The van der Waals surface area contributed by atoms with Gasteiger partial charge in [-0.05, 0) is 47.4 Å². The van der Waals surface area contributed by atoms with Crippen LogP contribution >= 0.6 is 0 Å². The Morgan fingerprint density at radius 1 is 0.938 bits per heavy atom. The molecule has 0 radical (unpaired) electrons. The van der Waals surface area contributed by atoms with Gasteiger partial charge in [-0.25, -0.2) is 0 Å². The van der Waals surface area contributed by atoms with Gasteiger partial charge in [0.15, 0.2) is 6.10 Å². The lowest BCUT2D eigenvalue weighted by Gasteiger charge is -2.28. The topological polar surface area (TPSA) is 130 Å². The maximum Gasteiger partial charge on any atom is 0.416 e.